The fourth-order valence-electron chi connectivity index (χ4n) is 8.46. The van der Waals surface area contributed by atoms with Crippen molar-refractivity contribution in [2.45, 2.75) is 126 Å². The van der Waals surface area contributed by atoms with Crippen LogP contribution in [0.25, 0.3) is 0 Å². The fraction of sp³-hybridized carbons (Fsp3) is 0.511. The number of benzene rings is 2. The van der Waals surface area contributed by atoms with Crippen LogP contribution in [0.4, 0.5) is 0 Å². The van der Waals surface area contributed by atoms with Gasteiger partial charge in [-0.2, -0.15) is 0 Å². The van der Waals surface area contributed by atoms with Crippen molar-refractivity contribution in [3.8, 4) is 11.5 Å². The number of phenolic OH excluding ortho intramolecular Hbond substituents is 2. The molecule has 24 nitrogen and oxygen atoms in total. The summed E-state index contributed by atoms with van der Waals surface area (Å²) in [7, 11) is 0. The molecule has 2 aromatic carbocycles. The number of nitrogens with zero attached hydrogens (tertiary/aromatic N) is 3. The number of carbonyl (C=O) groups excluding carboxylic acids is 9. The zero-order chi connectivity index (χ0) is 50.5. The molecule has 5 rings (SSSR count). The number of phenols is 2. The van der Waals surface area contributed by atoms with Crippen LogP contribution in [0.3, 0.4) is 0 Å². The van der Waals surface area contributed by atoms with Gasteiger partial charge in [0.15, 0.2) is 5.96 Å². The maximum atomic E-state index is 14.7. The molecule has 0 aromatic heterocycles. The first-order valence-corrected chi connectivity index (χ1v) is 22.7. The largest absolute Gasteiger partial charge is 0.508 e. The van der Waals surface area contributed by atoms with Crippen LogP contribution in [0.5, 0.6) is 11.5 Å². The van der Waals surface area contributed by atoms with Gasteiger partial charge in [-0.05, 0) is 87.8 Å². The molecule has 3 saturated heterocycles. The van der Waals surface area contributed by atoms with E-state index in [0.29, 0.717) is 24.0 Å². The lowest BCUT2D eigenvalue weighted by atomic mass is 10.0. The molecule has 3 aliphatic rings. The average molecular weight is 963 g/mol. The van der Waals surface area contributed by atoms with Crippen LogP contribution < -0.4 is 49.1 Å². The Bertz CT molecular complexity index is 2260. The van der Waals surface area contributed by atoms with Crippen molar-refractivity contribution in [3.05, 3.63) is 59.7 Å². The van der Waals surface area contributed by atoms with Crippen molar-refractivity contribution >= 4 is 59.1 Å². The molecule has 374 valence electrons. The Labute approximate surface area is 397 Å². The number of carbonyl (C=O) groups is 9. The summed E-state index contributed by atoms with van der Waals surface area (Å²) in [6.07, 6.45) is -1.61. The van der Waals surface area contributed by atoms with Gasteiger partial charge in [0.05, 0.1) is 12.5 Å². The highest BCUT2D eigenvalue weighted by Crippen LogP contribution is 2.23. The van der Waals surface area contributed by atoms with Gasteiger partial charge in [0, 0.05) is 32.5 Å². The van der Waals surface area contributed by atoms with Crippen molar-refractivity contribution in [2.24, 2.45) is 22.2 Å². The number of aliphatic hydroxyl groups excluding tert-OH is 1. The summed E-state index contributed by atoms with van der Waals surface area (Å²) in [6.45, 7) is 2.56. The van der Waals surface area contributed by atoms with Gasteiger partial charge in [-0.3, -0.25) is 48.1 Å². The molecule has 3 fully saturated rings. The number of aliphatic imine (C=N–C) groups is 1. The van der Waals surface area contributed by atoms with Crippen LogP contribution >= 0.6 is 0 Å². The van der Waals surface area contributed by atoms with E-state index < -0.39 is 114 Å². The molecule has 3 aliphatic heterocycles. The van der Waals surface area contributed by atoms with Crippen molar-refractivity contribution in [3.63, 3.8) is 0 Å². The van der Waals surface area contributed by atoms with Gasteiger partial charge in [-0.25, -0.2) is 0 Å². The Morgan fingerprint density at radius 3 is 1.61 bits per heavy atom. The molecule has 9 amide bonds. The normalized spacial score (nSPS) is 26.2. The van der Waals surface area contributed by atoms with Crippen LogP contribution in [0.2, 0.25) is 0 Å². The monoisotopic (exact) mass is 962 g/mol. The van der Waals surface area contributed by atoms with Crippen LogP contribution in [0.1, 0.15) is 69.9 Å². The lowest BCUT2D eigenvalue weighted by molar-refractivity contribution is -0.144. The highest BCUT2D eigenvalue weighted by molar-refractivity contribution is 6.00. The van der Waals surface area contributed by atoms with E-state index in [1.165, 1.54) is 67.3 Å². The van der Waals surface area contributed by atoms with E-state index >= 15 is 0 Å². The lowest BCUT2D eigenvalue weighted by Gasteiger charge is -2.32. The van der Waals surface area contributed by atoms with Gasteiger partial charge in [0.2, 0.25) is 53.2 Å². The molecule has 9 atom stereocenters. The number of primary amides is 1. The average Bonchev–Trinajstić information content (AvgIpc) is 4.00. The Kier molecular flexibility index (Phi) is 18.2. The Balaban J connectivity index is 1.57. The molecule has 0 bridgehead atoms. The van der Waals surface area contributed by atoms with E-state index in [1.807, 2.05) is 0 Å². The van der Waals surface area contributed by atoms with E-state index in [0.717, 1.165) is 4.90 Å². The Morgan fingerprint density at radius 1 is 0.638 bits per heavy atom. The molecule has 0 saturated carbocycles. The van der Waals surface area contributed by atoms with Gasteiger partial charge in [-0.15, -0.1) is 0 Å². The quantitative estimate of drug-likeness (QED) is 0.0583. The highest BCUT2D eigenvalue weighted by Gasteiger charge is 2.43. The maximum absolute atomic E-state index is 14.7. The smallest absolute Gasteiger partial charge is 0.246 e. The molecule has 3 heterocycles. The molecule has 0 radical (unpaired) electrons. The van der Waals surface area contributed by atoms with Gasteiger partial charge in [0.25, 0.3) is 0 Å². The van der Waals surface area contributed by atoms with Crippen LogP contribution in [-0.2, 0) is 56.0 Å². The summed E-state index contributed by atoms with van der Waals surface area (Å²) in [6, 6.07) is 0.240. The number of aliphatic hydroxyl groups is 1. The van der Waals surface area contributed by atoms with E-state index in [4.69, 9.17) is 17.2 Å². The summed E-state index contributed by atoms with van der Waals surface area (Å²) < 4.78 is 0. The number of nitrogens with one attached hydrogen (secondary N) is 6. The van der Waals surface area contributed by atoms with Gasteiger partial charge in [0.1, 0.15) is 59.8 Å². The summed E-state index contributed by atoms with van der Waals surface area (Å²) in [5.74, 6) is -8.21. The van der Waals surface area contributed by atoms with Gasteiger partial charge >= 0.3 is 0 Å². The van der Waals surface area contributed by atoms with Crippen LogP contribution in [0.15, 0.2) is 53.5 Å². The maximum Gasteiger partial charge on any atom is 0.246 e. The molecule has 15 N–H and O–H groups in total. The second-order valence-electron chi connectivity index (χ2n) is 17.4. The second-order valence-corrected chi connectivity index (χ2v) is 17.4. The number of hydrogen-bond donors (Lipinski definition) is 12. The number of amides is 9. The standard InChI is InChI=1S/C45H62N12O12/c1-23-37(62)53-32(22-35(46)61)44(69)57-19-4-7-33(57)40(65)51-29(6-3-17-49-45(47)48)38(63)54-31(21-26-11-15-28(60)16-12-26)43(68)56-18-5-8-34(56)41(66)52-30(20-25-9-13-27(59)14-10-25)39(64)55-36(24(2)58)42(67)50-23/h9-16,23-24,29-34,36,58-60H,3-8,17-22H2,1-2H3,(H2,46,61)(H,50,67)(H,51,65)(H,52,66)(H,53,62)(H,54,63)(H,55,64)(H4,47,48,49)/t23?,24?,29?,30?,31?,32?,33?,34?,36-/m0/s1. The lowest BCUT2D eigenvalue weighted by Crippen LogP contribution is -2.62. The van der Waals surface area contributed by atoms with Crippen LogP contribution in [-0.4, -0.2) is 158 Å². The topological polar surface area (TPSA) is 383 Å². The fourth-order valence-corrected chi connectivity index (χ4v) is 8.46. The number of nitrogens with two attached hydrogens (primary N) is 3. The number of aromatic hydroxyl groups is 2. The van der Waals surface area contributed by atoms with E-state index in [1.54, 1.807) is 0 Å². The van der Waals surface area contributed by atoms with Crippen LogP contribution in [0, 0.1) is 0 Å². The number of rotatable bonds is 11. The first-order chi connectivity index (χ1) is 32.7. The summed E-state index contributed by atoms with van der Waals surface area (Å²) in [5.41, 5.74) is 17.5. The van der Waals surface area contributed by atoms with E-state index in [9.17, 15) is 58.5 Å². The summed E-state index contributed by atoms with van der Waals surface area (Å²) in [5, 5.41) is 46.1. The third-order valence-corrected chi connectivity index (χ3v) is 12.1. The molecule has 8 unspecified atom stereocenters. The van der Waals surface area contributed by atoms with E-state index in [-0.39, 0.29) is 75.6 Å². The molecule has 0 aliphatic carbocycles. The SMILES string of the molecule is CC1NC(=O)[C@H](C(C)O)NC(=O)C(Cc2ccc(O)cc2)NC(=O)C2CCCN2C(=O)C(Cc2ccc(O)cc2)NC(=O)C(CCCN=C(N)N)NC(=O)C2CCCN2C(=O)C(CC(N)=O)NC1=O. The number of guanidine groups is 1. The zero-order valence-electron chi connectivity index (χ0n) is 38.4. The molecule has 0 spiro atoms. The zero-order valence-corrected chi connectivity index (χ0v) is 38.4. The highest BCUT2D eigenvalue weighted by atomic mass is 16.3. The Morgan fingerprint density at radius 2 is 1.10 bits per heavy atom. The van der Waals surface area contributed by atoms with Gasteiger partial charge < -0.3 is 74.2 Å². The molecule has 2 aromatic rings. The number of hydrogen-bond acceptors (Lipinski definition) is 13. The third kappa shape index (κ3) is 14.5. The minimum absolute atomic E-state index is 0.00693. The van der Waals surface area contributed by atoms with Crippen molar-refractivity contribution in [1.29, 1.82) is 0 Å². The number of fused-ring (bicyclic) bond motifs is 2. The minimum atomic E-state index is -1.71. The summed E-state index contributed by atoms with van der Waals surface area (Å²) >= 11 is 0. The minimum Gasteiger partial charge on any atom is -0.508 e. The third-order valence-electron chi connectivity index (χ3n) is 12.1. The first-order valence-electron chi connectivity index (χ1n) is 22.7. The van der Waals surface area contributed by atoms with E-state index in [2.05, 4.69) is 36.9 Å². The van der Waals surface area contributed by atoms with Crippen molar-refractivity contribution in [2.75, 3.05) is 19.6 Å². The van der Waals surface area contributed by atoms with Gasteiger partial charge in [-0.1, -0.05) is 24.3 Å². The summed E-state index contributed by atoms with van der Waals surface area (Å²) in [4.78, 5) is 132. The molecule has 69 heavy (non-hydrogen) atoms. The van der Waals surface area contributed by atoms with Crippen molar-refractivity contribution in [1.82, 2.24) is 41.7 Å². The Hall–Kier alpha value is -7.50. The molecular weight excluding hydrogens is 901 g/mol. The van der Waals surface area contributed by atoms with Crippen molar-refractivity contribution < 1.29 is 58.5 Å². The molecular formula is C45H62N12O12. The predicted octanol–water partition coefficient (Wildman–Crippen LogP) is -3.88. The predicted molar refractivity (Wildman–Crippen MR) is 246 cm³/mol. The molecule has 24 heteroatoms. The first kappa shape index (κ1) is 52.5. The second kappa shape index (κ2) is 24.0.